The predicted molar refractivity (Wildman–Crippen MR) is 58.4 cm³/mol. The van der Waals surface area contributed by atoms with Gasteiger partial charge >= 0.3 is 0 Å². The van der Waals surface area contributed by atoms with Crippen LogP contribution < -0.4 is 10.6 Å². The van der Waals surface area contributed by atoms with Crippen LogP contribution in [0.15, 0.2) is 18.3 Å². The Morgan fingerprint density at radius 2 is 2.36 bits per heavy atom. The molecule has 78 valence electrons. The third-order valence-corrected chi connectivity index (χ3v) is 2.20. The molecule has 0 saturated heterocycles. The van der Waals surface area contributed by atoms with E-state index in [2.05, 4.69) is 11.9 Å². The molecule has 0 aliphatic carbocycles. The molecule has 0 aromatic carbocycles. The number of nitrogens with zero attached hydrogens (tertiary/aromatic N) is 2. The van der Waals surface area contributed by atoms with Gasteiger partial charge < -0.3 is 15.4 Å². The third-order valence-electron chi connectivity index (χ3n) is 2.20. The Kier molecular flexibility index (Phi) is 3.71. The molecule has 0 bridgehead atoms. The van der Waals surface area contributed by atoms with Gasteiger partial charge in [-0.1, -0.05) is 0 Å². The lowest BCUT2D eigenvalue weighted by molar-refractivity contribution is 0.183. The minimum atomic E-state index is 0.286. The third kappa shape index (κ3) is 2.60. The number of likely N-dealkylation sites (N-methyl/N-ethyl adjacent to an activating group) is 1. The molecule has 0 spiro atoms. The van der Waals surface area contributed by atoms with E-state index in [1.807, 2.05) is 18.0 Å². The van der Waals surface area contributed by atoms with Crippen LogP contribution in [0.1, 0.15) is 6.92 Å². The average molecular weight is 195 g/mol. The van der Waals surface area contributed by atoms with Crippen LogP contribution in [0.25, 0.3) is 0 Å². The highest BCUT2D eigenvalue weighted by Gasteiger charge is 2.10. The zero-order valence-electron chi connectivity index (χ0n) is 8.90. The van der Waals surface area contributed by atoms with Gasteiger partial charge in [0.15, 0.2) is 0 Å². The van der Waals surface area contributed by atoms with Crippen molar-refractivity contribution >= 4 is 11.5 Å². The quantitative estimate of drug-likeness (QED) is 0.782. The van der Waals surface area contributed by atoms with Crippen LogP contribution in [0.3, 0.4) is 0 Å². The van der Waals surface area contributed by atoms with Gasteiger partial charge in [0.25, 0.3) is 0 Å². The molecule has 1 heterocycles. The molecule has 2 N–H and O–H groups in total. The summed E-state index contributed by atoms with van der Waals surface area (Å²) in [6.45, 7) is 2.75. The number of ether oxygens (including phenoxy) is 1. The number of rotatable bonds is 4. The van der Waals surface area contributed by atoms with Crippen LogP contribution in [0.2, 0.25) is 0 Å². The second-order valence-corrected chi connectivity index (χ2v) is 3.36. The van der Waals surface area contributed by atoms with Crippen molar-refractivity contribution in [1.29, 1.82) is 0 Å². The summed E-state index contributed by atoms with van der Waals surface area (Å²) >= 11 is 0. The summed E-state index contributed by atoms with van der Waals surface area (Å²) < 4.78 is 5.08. The van der Waals surface area contributed by atoms with Crippen LogP contribution in [-0.2, 0) is 4.74 Å². The fourth-order valence-electron chi connectivity index (χ4n) is 1.21. The zero-order chi connectivity index (χ0) is 10.6. The summed E-state index contributed by atoms with van der Waals surface area (Å²) in [5, 5.41) is 0. The van der Waals surface area contributed by atoms with E-state index < -0.39 is 0 Å². The number of nitrogen functional groups attached to an aromatic ring is 1. The van der Waals surface area contributed by atoms with Crippen molar-refractivity contribution in [2.24, 2.45) is 0 Å². The second kappa shape index (κ2) is 4.81. The van der Waals surface area contributed by atoms with Crippen molar-refractivity contribution in [2.75, 3.05) is 31.4 Å². The van der Waals surface area contributed by atoms with E-state index in [1.54, 1.807) is 19.4 Å². The number of hydrogen-bond acceptors (Lipinski definition) is 4. The number of hydrogen-bond donors (Lipinski definition) is 1. The number of nitrogens with two attached hydrogens (primary N) is 1. The normalized spacial score (nSPS) is 12.5. The van der Waals surface area contributed by atoms with E-state index >= 15 is 0 Å². The maximum Gasteiger partial charge on any atom is 0.130 e. The number of methoxy groups -OCH3 is 1. The number of anilines is 2. The Hall–Kier alpha value is -1.29. The lowest BCUT2D eigenvalue weighted by Crippen LogP contribution is -2.33. The van der Waals surface area contributed by atoms with Gasteiger partial charge in [-0.25, -0.2) is 4.98 Å². The molecular formula is C10H17N3O. The van der Waals surface area contributed by atoms with Crippen LogP contribution in [-0.4, -0.2) is 31.8 Å². The molecule has 0 fully saturated rings. The summed E-state index contributed by atoms with van der Waals surface area (Å²) in [7, 11) is 3.67. The van der Waals surface area contributed by atoms with Gasteiger partial charge in [-0.3, -0.25) is 0 Å². The maximum atomic E-state index is 5.67. The highest BCUT2D eigenvalue weighted by Crippen LogP contribution is 2.14. The van der Waals surface area contributed by atoms with Crippen molar-refractivity contribution < 1.29 is 4.74 Å². The Morgan fingerprint density at radius 1 is 1.64 bits per heavy atom. The molecule has 4 heteroatoms. The Morgan fingerprint density at radius 3 is 2.93 bits per heavy atom. The van der Waals surface area contributed by atoms with Crippen molar-refractivity contribution in [3.63, 3.8) is 0 Å². The minimum absolute atomic E-state index is 0.286. The molecule has 4 nitrogen and oxygen atoms in total. The molecule has 0 radical (unpaired) electrons. The molecule has 1 atom stereocenters. The summed E-state index contributed by atoms with van der Waals surface area (Å²) in [5.41, 5.74) is 6.40. The molecule has 14 heavy (non-hydrogen) atoms. The smallest absolute Gasteiger partial charge is 0.130 e. The van der Waals surface area contributed by atoms with Crippen LogP contribution in [0.5, 0.6) is 0 Å². The highest BCUT2D eigenvalue weighted by molar-refractivity contribution is 5.50. The van der Waals surface area contributed by atoms with Gasteiger partial charge in [0.2, 0.25) is 0 Å². The fraction of sp³-hybridized carbons (Fsp3) is 0.500. The van der Waals surface area contributed by atoms with E-state index in [9.17, 15) is 0 Å². The fourth-order valence-corrected chi connectivity index (χ4v) is 1.21. The molecule has 1 unspecified atom stereocenters. The lowest BCUT2D eigenvalue weighted by Gasteiger charge is -2.25. The van der Waals surface area contributed by atoms with Crippen molar-refractivity contribution in [2.45, 2.75) is 13.0 Å². The summed E-state index contributed by atoms with van der Waals surface area (Å²) in [5.74, 6) is 0.870. The molecule has 0 aliphatic rings. The Balaban J connectivity index is 2.73. The minimum Gasteiger partial charge on any atom is -0.399 e. The van der Waals surface area contributed by atoms with E-state index in [1.165, 1.54) is 0 Å². The molecule has 1 aromatic rings. The molecule has 0 aliphatic heterocycles. The van der Waals surface area contributed by atoms with Gasteiger partial charge in [0.1, 0.15) is 5.82 Å². The second-order valence-electron chi connectivity index (χ2n) is 3.36. The topological polar surface area (TPSA) is 51.4 Å². The zero-order valence-corrected chi connectivity index (χ0v) is 8.90. The van der Waals surface area contributed by atoms with E-state index in [-0.39, 0.29) is 6.04 Å². The largest absolute Gasteiger partial charge is 0.399 e. The standard InChI is InChI=1S/C10H17N3O/c1-8(7-14-3)13(2)10-6-9(11)4-5-12-10/h4-6,8H,7H2,1-3H3,(H2,11,12). The molecule has 0 saturated carbocycles. The van der Waals surface area contributed by atoms with Crippen LogP contribution >= 0.6 is 0 Å². The van der Waals surface area contributed by atoms with Crippen LogP contribution in [0.4, 0.5) is 11.5 Å². The first-order valence-corrected chi connectivity index (χ1v) is 4.58. The van der Waals surface area contributed by atoms with Gasteiger partial charge in [-0.15, -0.1) is 0 Å². The van der Waals surface area contributed by atoms with E-state index in [0.717, 1.165) is 11.5 Å². The first-order valence-electron chi connectivity index (χ1n) is 4.58. The lowest BCUT2D eigenvalue weighted by atomic mass is 10.3. The molecule has 1 rings (SSSR count). The average Bonchev–Trinajstić information content (AvgIpc) is 2.17. The maximum absolute atomic E-state index is 5.67. The summed E-state index contributed by atoms with van der Waals surface area (Å²) in [6.07, 6.45) is 1.71. The van der Waals surface area contributed by atoms with Gasteiger partial charge in [-0.2, -0.15) is 0 Å². The summed E-state index contributed by atoms with van der Waals surface area (Å²) in [6, 6.07) is 3.92. The number of aromatic nitrogens is 1. The van der Waals surface area contributed by atoms with E-state index in [4.69, 9.17) is 10.5 Å². The first kappa shape index (κ1) is 10.8. The monoisotopic (exact) mass is 195 g/mol. The van der Waals surface area contributed by atoms with Gasteiger partial charge in [0.05, 0.1) is 12.6 Å². The Bertz CT molecular complexity index is 290. The summed E-state index contributed by atoms with van der Waals surface area (Å²) in [4.78, 5) is 6.27. The SMILES string of the molecule is COCC(C)N(C)c1cc(N)ccn1. The van der Waals surface area contributed by atoms with Gasteiger partial charge in [0, 0.05) is 32.1 Å². The molecular weight excluding hydrogens is 178 g/mol. The molecule has 1 aromatic heterocycles. The molecule has 0 amide bonds. The Labute approximate surface area is 84.7 Å². The van der Waals surface area contributed by atoms with Gasteiger partial charge in [-0.05, 0) is 13.0 Å². The van der Waals surface area contributed by atoms with Crippen molar-refractivity contribution in [3.05, 3.63) is 18.3 Å². The van der Waals surface area contributed by atoms with Crippen molar-refractivity contribution in [3.8, 4) is 0 Å². The first-order chi connectivity index (χ1) is 6.65. The van der Waals surface area contributed by atoms with Crippen LogP contribution in [0, 0.1) is 0 Å². The highest BCUT2D eigenvalue weighted by atomic mass is 16.5. The number of pyridine rings is 1. The van der Waals surface area contributed by atoms with E-state index in [0.29, 0.717) is 6.61 Å². The van der Waals surface area contributed by atoms with Crippen molar-refractivity contribution in [1.82, 2.24) is 4.98 Å². The predicted octanol–water partition coefficient (Wildman–Crippen LogP) is 1.13.